The molecule has 1 saturated carbocycles. The van der Waals surface area contributed by atoms with Crippen LogP contribution < -0.4 is 10.1 Å². The van der Waals surface area contributed by atoms with Crippen molar-refractivity contribution >= 4 is 11.9 Å². The zero-order valence-electron chi connectivity index (χ0n) is 9.32. The third-order valence-corrected chi connectivity index (χ3v) is 2.87. The van der Waals surface area contributed by atoms with E-state index in [-0.39, 0.29) is 17.8 Å². The van der Waals surface area contributed by atoms with Crippen molar-refractivity contribution in [2.24, 2.45) is 5.92 Å². The zero-order chi connectivity index (χ0) is 11.4. The van der Waals surface area contributed by atoms with Crippen LogP contribution in [0.15, 0.2) is 0 Å². The van der Waals surface area contributed by atoms with E-state index in [0.717, 1.165) is 25.7 Å². The molecule has 16 heavy (non-hydrogen) atoms. The quantitative estimate of drug-likeness (QED) is 0.811. The van der Waals surface area contributed by atoms with E-state index >= 15 is 0 Å². The number of amides is 1. The molecular formula is C10H16N4O2. The second kappa shape index (κ2) is 4.96. The van der Waals surface area contributed by atoms with Gasteiger partial charge in [0.1, 0.15) is 0 Å². The van der Waals surface area contributed by atoms with Crippen LogP contribution in [0.3, 0.4) is 0 Å². The average Bonchev–Trinajstić information content (AvgIpc) is 2.78. The van der Waals surface area contributed by atoms with Crippen molar-refractivity contribution in [2.75, 3.05) is 12.4 Å². The molecule has 1 aromatic rings. The third kappa shape index (κ3) is 2.50. The molecule has 1 amide bonds. The highest BCUT2D eigenvalue weighted by atomic mass is 16.5. The van der Waals surface area contributed by atoms with Gasteiger partial charge in [-0.15, -0.1) is 5.10 Å². The summed E-state index contributed by atoms with van der Waals surface area (Å²) in [4.78, 5) is 15.8. The molecule has 88 valence electrons. The van der Waals surface area contributed by atoms with Gasteiger partial charge >= 0.3 is 6.01 Å². The van der Waals surface area contributed by atoms with Gasteiger partial charge in [-0.25, -0.2) is 5.10 Å². The van der Waals surface area contributed by atoms with E-state index in [9.17, 15) is 4.79 Å². The number of hydrogen-bond donors (Lipinski definition) is 2. The van der Waals surface area contributed by atoms with Gasteiger partial charge in [-0.05, 0) is 12.8 Å². The van der Waals surface area contributed by atoms with Gasteiger partial charge in [0.25, 0.3) is 0 Å². The van der Waals surface area contributed by atoms with Crippen molar-refractivity contribution in [3.8, 4) is 6.01 Å². The SMILES string of the molecule is COc1n[nH]c(NC(=O)C2CCCCC2)n1. The normalized spacial score (nSPS) is 17.1. The molecule has 0 aliphatic heterocycles. The minimum atomic E-state index is 0.0264. The van der Waals surface area contributed by atoms with Gasteiger partial charge in [0.15, 0.2) is 0 Å². The van der Waals surface area contributed by atoms with Crippen LogP contribution in [0, 0.1) is 5.92 Å². The fourth-order valence-corrected chi connectivity index (χ4v) is 1.98. The van der Waals surface area contributed by atoms with E-state index < -0.39 is 0 Å². The average molecular weight is 224 g/mol. The fraction of sp³-hybridized carbons (Fsp3) is 0.700. The van der Waals surface area contributed by atoms with Crippen LogP contribution in [0.25, 0.3) is 0 Å². The molecule has 6 heteroatoms. The van der Waals surface area contributed by atoms with Crippen molar-refractivity contribution < 1.29 is 9.53 Å². The number of carbonyl (C=O) groups excluding carboxylic acids is 1. The molecule has 1 aliphatic rings. The molecule has 1 heterocycles. The summed E-state index contributed by atoms with van der Waals surface area (Å²) in [5, 5.41) is 9.09. The summed E-state index contributed by atoms with van der Waals surface area (Å²) in [6.45, 7) is 0. The number of aromatic amines is 1. The largest absolute Gasteiger partial charge is 0.466 e. The van der Waals surface area contributed by atoms with Crippen molar-refractivity contribution in [1.29, 1.82) is 0 Å². The fourth-order valence-electron chi connectivity index (χ4n) is 1.98. The second-order valence-corrected chi connectivity index (χ2v) is 3.99. The van der Waals surface area contributed by atoms with Crippen LogP contribution in [-0.2, 0) is 4.79 Å². The number of rotatable bonds is 3. The number of carbonyl (C=O) groups is 1. The molecule has 1 aromatic heterocycles. The number of nitrogens with zero attached hydrogens (tertiary/aromatic N) is 2. The first-order chi connectivity index (χ1) is 7.79. The highest BCUT2D eigenvalue weighted by Crippen LogP contribution is 2.24. The molecule has 0 atom stereocenters. The monoisotopic (exact) mass is 224 g/mol. The molecule has 0 aromatic carbocycles. The molecular weight excluding hydrogens is 208 g/mol. The minimum absolute atomic E-state index is 0.0264. The molecule has 0 bridgehead atoms. The van der Waals surface area contributed by atoms with Crippen LogP contribution in [0.2, 0.25) is 0 Å². The number of ether oxygens (including phenoxy) is 1. The van der Waals surface area contributed by atoms with Crippen LogP contribution in [0.4, 0.5) is 5.95 Å². The Bertz CT molecular complexity index is 357. The highest BCUT2D eigenvalue weighted by Gasteiger charge is 2.21. The Balaban J connectivity index is 1.90. The number of nitrogens with one attached hydrogen (secondary N) is 2. The van der Waals surface area contributed by atoms with Gasteiger partial charge in [0, 0.05) is 5.92 Å². The minimum Gasteiger partial charge on any atom is -0.466 e. The predicted molar refractivity (Wildman–Crippen MR) is 58.1 cm³/mol. The maximum absolute atomic E-state index is 11.8. The summed E-state index contributed by atoms with van der Waals surface area (Å²) in [6, 6.07) is 0.235. The molecule has 0 radical (unpaired) electrons. The van der Waals surface area contributed by atoms with Gasteiger partial charge in [-0.2, -0.15) is 4.98 Å². The van der Waals surface area contributed by atoms with Gasteiger partial charge < -0.3 is 4.74 Å². The lowest BCUT2D eigenvalue weighted by Gasteiger charge is -2.19. The predicted octanol–water partition coefficient (Wildman–Crippen LogP) is 1.33. The summed E-state index contributed by atoms with van der Waals surface area (Å²) in [7, 11) is 1.48. The van der Waals surface area contributed by atoms with Gasteiger partial charge in [0.05, 0.1) is 7.11 Å². The third-order valence-electron chi connectivity index (χ3n) is 2.87. The highest BCUT2D eigenvalue weighted by molar-refractivity contribution is 5.90. The molecule has 1 aliphatic carbocycles. The Morgan fingerprint density at radius 3 is 2.81 bits per heavy atom. The summed E-state index contributed by atoms with van der Waals surface area (Å²) in [5.41, 5.74) is 0. The van der Waals surface area contributed by atoms with Crippen LogP contribution >= 0.6 is 0 Å². The van der Waals surface area contributed by atoms with Gasteiger partial charge in [-0.1, -0.05) is 19.3 Å². The molecule has 2 rings (SSSR count). The van der Waals surface area contributed by atoms with Crippen LogP contribution in [0.1, 0.15) is 32.1 Å². The molecule has 1 fully saturated rings. The lowest BCUT2D eigenvalue weighted by Crippen LogP contribution is -2.25. The number of methoxy groups -OCH3 is 1. The number of anilines is 1. The number of H-pyrrole nitrogens is 1. The maximum atomic E-state index is 11.8. The van der Waals surface area contributed by atoms with E-state index in [1.165, 1.54) is 13.5 Å². The first kappa shape index (κ1) is 10.9. The first-order valence-corrected chi connectivity index (χ1v) is 5.57. The Morgan fingerprint density at radius 2 is 2.19 bits per heavy atom. The van der Waals surface area contributed by atoms with E-state index in [1.54, 1.807) is 0 Å². The van der Waals surface area contributed by atoms with Crippen molar-refractivity contribution in [2.45, 2.75) is 32.1 Å². The van der Waals surface area contributed by atoms with Gasteiger partial charge in [0.2, 0.25) is 11.9 Å². The number of hydrogen-bond acceptors (Lipinski definition) is 4. The second-order valence-electron chi connectivity index (χ2n) is 3.99. The topological polar surface area (TPSA) is 79.9 Å². The molecule has 6 nitrogen and oxygen atoms in total. The van der Waals surface area contributed by atoms with E-state index in [1.807, 2.05) is 0 Å². The molecule has 0 unspecified atom stereocenters. The standard InChI is InChI=1S/C10H16N4O2/c1-16-10-12-9(13-14-10)11-8(15)7-5-3-2-4-6-7/h7H,2-6H2,1H3,(H2,11,12,13,14,15). The maximum Gasteiger partial charge on any atom is 0.336 e. The zero-order valence-corrected chi connectivity index (χ0v) is 9.32. The summed E-state index contributed by atoms with van der Waals surface area (Å²) in [5.74, 6) is 0.496. The molecule has 0 spiro atoms. The van der Waals surface area contributed by atoms with Crippen LogP contribution in [-0.4, -0.2) is 28.2 Å². The first-order valence-electron chi connectivity index (χ1n) is 5.57. The summed E-state index contributed by atoms with van der Waals surface area (Å²) >= 11 is 0. The molecule has 2 N–H and O–H groups in total. The smallest absolute Gasteiger partial charge is 0.336 e. The Kier molecular flexibility index (Phi) is 3.38. The van der Waals surface area contributed by atoms with E-state index in [0.29, 0.717) is 5.95 Å². The van der Waals surface area contributed by atoms with E-state index in [2.05, 4.69) is 20.5 Å². The van der Waals surface area contributed by atoms with Gasteiger partial charge in [-0.3, -0.25) is 10.1 Å². The molecule has 0 saturated heterocycles. The summed E-state index contributed by atoms with van der Waals surface area (Å²) < 4.78 is 4.82. The lowest BCUT2D eigenvalue weighted by atomic mass is 9.89. The number of aromatic nitrogens is 3. The van der Waals surface area contributed by atoms with Crippen molar-refractivity contribution in [1.82, 2.24) is 15.2 Å². The Labute approximate surface area is 93.8 Å². The summed E-state index contributed by atoms with van der Waals surface area (Å²) in [6.07, 6.45) is 5.45. The van der Waals surface area contributed by atoms with Crippen LogP contribution in [0.5, 0.6) is 6.01 Å². The lowest BCUT2D eigenvalue weighted by molar-refractivity contribution is -0.120. The Hall–Kier alpha value is -1.59. The van der Waals surface area contributed by atoms with Crippen molar-refractivity contribution in [3.05, 3.63) is 0 Å². The Morgan fingerprint density at radius 1 is 1.44 bits per heavy atom. The van der Waals surface area contributed by atoms with Crippen molar-refractivity contribution in [3.63, 3.8) is 0 Å². The van der Waals surface area contributed by atoms with E-state index in [4.69, 9.17) is 4.74 Å².